The van der Waals surface area contributed by atoms with E-state index < -0.39 is 28.0 Å². The van der Waals surface area contributed by atoms with Crippen LogP contribution < -0.4 is 16.2 Å². The molecule has 0 aliphatic rings. The molecule has 0 fully saturated rings. The molecule has 0 radical (unpaired) electrons. The molecule has 0 saturated carbocycles. The fourth-order valence-corrected chi connectivity index (χ4v) is 1.46. The van der Waals surface area contributed by atoms with Gasteiger partial charge >= 0.3 is 5.69 Å². The van der Waals surface area contributed by atoms with Crippen molar-refractivity contribution >= 4 is 17.2 Å². The molecule has 0 bridgehead atoms. The number of rotatable bonds is 3. The Kier molecular flexibility index (Phi) is 3.34. The third-order valence-electron chi connectivity index (χ3n) is 2.37. The van der Waals surface area contributed by atoms with Gasteiger partial charge in [-0.2, -0.15) is 0 Å². The molecule has 4 N–H and O–H groups in total. The fraction of sp³-hybridized carbons (Fsp3) is 0. The maximum Gasteiger partial charge on any atom is 0.353 e. The number of halogens is 2. The highest BCUT2D eigenvalue weighted by Gasteiger charge is 2.22. The zero-order valence-electron chi connectivity index (χ0n) is 9.84. The normalized spacial score (nSPS) is 10.3. The van der Waals surface area contributed by atoms with E-state index in [4.69, 9.17) is 16.2 Å². The summed E-state index contributed by atoms with van der Waals surface area (Å²) < 4.78 is 31.6. The molecular weight excluding hydrogens is 274 g/mol. The van der Waals surface area contributed by atoms with Crippen LogP contribution >= 0.6 is 0 Å². The molecule has 104 valence electrons. The van der Waals surface area contributed by atoms with Crippen LogP contribution in [0.4, 0.5) is 26.0 Å². The molecule has 0 aliphatic heterocycles. The highest BCUT2D eigenvalue weighted by Crippen LogP contribution is 2.36. The van der Waals surface area contributed by atoms with E-state index in [1.54, 1.807) is 0 Å². The van der Waals surface area contributed by atoms with Crippen molar-refractivity contribution in [2.75, 3.05) is 11.5 Å². The number of nitro groups is 1. The smallest absolute Gasteiger partial charge is 0.353 e. The highest BCUT2D eigenvalue weighted by atomic mass is 19.1. The van der Waals surface area contributed by atoms with Crippen LogP contribution in [0, 0.1) is 21.7 Å². The van der Waals surface area contributed by atoms with E-state index >= 15 is 0 Å². The number of hydrogen-bond donors (Lipinski definition) is 2. The summed E-state index contributed by atoms with van der Waals surface area (Å²) in [7, 11) is 0. The second-order valence-electron chi connectivity index (χ2n) is 3.71. The lowest BCUT2D eigenvalue weighted by Gasteiger charge is -2.09. The monoisotopic (exact) mass is 282 g/mol. The number of nitrogen functional groups attached to an aromatic ring is 2. The summed E-state index contributed by atoms with van der Waals surface area (Å²) in [5.41, 5.74) is 9.66. The van der Waals surface area contributed by atoms with E-state index in [0.717, 1.165) is 18.3 Å². The molecule has 0 spiro atoms. The van der Waals surface area contributed by atoms with Gasteiger partial charge in [0.25, 0.3) is 0 Å². The van der Waals surface area contributed by atoms with E-state index in [1.165, 1.54) is 0 Å². The predicted molar refractivity (Wildman–Crippen MR) is 66.1 cm³/mol. The maximum atomic E-state index is 13.5. The van der Waals surface area contributed by atoms with Crippen LogP contribution in [-0.2, 0) is 0 Å². The van der Waals surface area contributed by atoms with Gasteiger partial charge in [-0.05, 0) is 0 Å². The second kappa shape index (κ2) is 4.96. The Balaban J connectivity index is 2.48. The fourth-order valence-electron chi connectivity index (χ4n) is 1.46. The summed E-state index contributed by atoms with van der Waals surface area (Å²) in [5.74, 6) is -3.19. The SMILES string of the molecule is Nc1cc(Oc2ccnc(N)c2[N+](=O)[O-])c(F)cc1F. The van der Waals surface area contributed by atoms with Crippen molar-refractivity contribution in [2.45, 2.75) is 0 Å². The minimum absolute atomic E-state index is 0.326. The molecule has 1 heterocycles. The molecule has 9 heteroatoms. The van der Waals surface area contributed by atoms with Crippen molar-refractivity contribution < 1.29 is 18.4 Å². The summed E-state index contributed by atoms with van der Waals surface area (Å²) in [4.78, 5) is 13.6. The van der Waals surface area contributed by atoms with Gasteiger partial charge in [-0.25, -0.2) is 13.8 Å². The molecule has 0 saturated heterocycles. The first-order valence-corrected chi connectivity index (χ1v) is 5.21. The van der Waals surface area contributed by atoms with E-state index in [2.05, 4.69) is 4.98 Å². The topological polar surface area (TPSA) is 117 Å². The van der Waals surface area contributed by atoms with Gasteiger partial charge in [0.15, 0.2) is 11.6 Å². The van der Waals surface area contributed by atoms with Crippen molar-refractivity contribution in [3.05, 3.63) is 46.1 Å². The van der Waals surface area contributed by atoms with Gasteiger partial charge in [0.2, 0.25) is 11.6 Å². The largest absolute Gasteiger partial charge is 0.447 e. The van der Waals surface area contributed by atoms with Gasteiger partial charge in [-0.1, -0.05) is 0 Å². The number of ether oxygens (including phenoxy) is 1. The third-order valence-corrected chi connectivity index (χ3v) is 2.37. The second-order valence-corrected chi connectivity index (χ2v) is 3.71. The first-order valence-electron chi connectivity index (χ1n) is 5.21. The number of nitrogens with zero attached hydrogens (tertiary/aromatic N) is 2. The van der Waals surface area contributed by atoms with E-state index in [0.29, 0.717) is 6.07 Å². The number of hydrogen-bond acceptors (Lipinski definition) is 6. The number of benzene rings is 1. The highest BCUT2D eigenvalue weighted by molar-refractivity contribution is 5.62. The molecule has 1 aromatic carbocycles. The number of anilines is 2. The number of aromatic nitrogens is 1. The minimum Gasteiger partial charge on any atom is -0.447 e. The van der Waals surface area contributed by atoms with Crippen molar-refractivity contribution in [1.82, 2.24) is 4.98 Å². The molecule has 0 unspecified atom stereocenters. The summed E-state index contributed by atoms with van der Waals surface area (Å²) in [6.45, 7) is 0. The Morgan fingerprint density at radius 1 is 1.20 bits per heavy atom. The van der Waals surface area contributed by atoms with Crippen LogP contribution in [0.15, 0.2) is 24.4 Å². The van der Waals surface area contributed by atoms with Crippen LogP contribution in [0.1, 0.15) is 0 Å². The predicted octanol–water partition coefficient (Wildman–Crippen LogP) is 2.22. The molecular formula is C11H8F2N4O3. The van der Waals surface area contributed by atoms with Gasteiger partial charge in [0.05, 0.1) is 10.6 Å². The Labute approximate surface area is 110 Å². The Hall–Kier alpha value is -2.97. The summed E-state index contributed by atoms with van der Waals surface area (Å²) in [6, 6.07) is 2.53. The van der Waals surface area contributed by atoms with Crippen molar-refractivity contribution in [3.63, 3.8) is 0 Å². The molecule has 1 aromatic heterocycles. The van der Waals surface area contributed by atoms with E-state index in [1.807, 2.05) is 0 Å². The lowest BCUT2D eigenvalue weighted by molar-refractivity contribution is -0.384. The number of pyridine rings is 1. The third kappa shape index (κ3) is 2.41. The van der Waals surface area contributed by atoms with Crippen LogP contribution in [0.2, 0.25) is 0 Å². The van der Waals surface area contributed by atoms with Crippen molar-refractivity contribution in [3.8, 4) is 11.5 Å². The van der Waals surface area contributed by atoms with Gasteiger partial charge in [-0.15, -0.1) is 0 Å². The quantitative estimate of drug-likeness (QED) is 0.506. The molecule has 2 aromatic rings. The van der Waals surface area contributed by atoms with E-state index in [-0.39, 0.29) is 17.3 Å². The molecule has 7 nitrogen and oxygen atoms in total. The minimum atomic E-state index is -1.05. The van der Waals surface area contributed by atoms with Crippen molar-refractivity contribution in [1.29, 1.82) is 0 Å². The molecule has 20 heavy (non-hydrogen) atoms. The summed E-state index contributed by atoms with van der Waals surface area (Å²) in [5, 5.41) is 10.9. The molecule has 0 atom stereocenters. The first kappa shape index (κ1) is 13.5. The van der Waals surface area contributed by atoms with Crippen LogP contribution in [-0.4, -0.2) is 9.91 Å². The van der Waals surface area contributed by atoms with Crippen LogP contribution in [0.5, 0.6) is 11.5 Å². The average molecular weight is 282 g/mol. The summed E-state index contributed by atoms with van der Waals surface area (Å²) in [6.07, 6.45) is 1.16. The standard InChI is InChI=1S/C11H8F2N4O3/c12-5-3-6(13)9(4-7(5)14)20-8-1-2-16-11(15)10(8)17(18)19/h1-4H,14H2,(H2,15,16). The Morgan fingerprint density at radius 3 is 2.55 bits per heavy atom. The zero-order valence-corrected chi connectivity index (χ0v) is 9.84. The maximum absolute atomic E-state index is 13.5. The molecule has 0 amide bonds. The Morgan fingerprint density at radius 2 is 1.90 bits per heavy atom. The van der Waals surface area contributed by atoms with Gasteiger partial charge in [0.1, 0.15) is 5.82 Å². The molecule has 0 aliphatic carbocycles. The van der Waals surface area contributed by atoms with Gasteiger partial charge in [-0.3, -0.25) is 10.1 Å². The first-order chi connectivity index (χ1) is 9.40. The zero-order chi connectivity index (χ0) is 14.9. The molecule has 2 rings (SSSR count). The lowest BCUT2D eigenvalue weighted by atomic mass is 10.2. The van der Waals surface area contributed by atoms with Gasteiger partial charge < -0.3 is 16.2 Å². The van der Waals surface area contributed by atoms with Crippen LogP contribution in [0.25, 0.3) is 0 Å². The summed E-state index contributed by atoms with van der Waals surface area (Å²) >= 11 is 0. The van der Waals surface area contributed by atoms with Crippen molar-refractivity contribution in [2.24, 2.45) is 0 Å². The van der Waals surface area contributed by atoms with Crippen LogP contribution in [0.3, 0.4) is 0 Å². The number of nitrogens with two attached hydrogens (primary N) is 2. The Bertz CT molecular complexity index is 694. The van der Waals surface area contributed by atoms with E-state index in [9.17, 15) is 18.9 Å². The lowest BCUT2D eigenvalue weighted by Crippen LogP contribution is -2.02. The average Bonchev–Trinajstić information content (AvgIpc) is 2.35. The van der Waals surface area contributed by atoms with Gasteiger partial charge in [0, 0.05) is 24.4 Å².